The maximum absolute atomic E-state index is 13.2. The van der Waals surface area contributed by atoms with Crippen LogP contribution in [0.1, 0.15) is 30.9 Å². The molecule has 1 aliphatic rings. The number of imide groups is 1. The molecule has 2 aromatic rings. The van der Waals surface area contributed by atoms with E-state index in [1.807, 2.05) is 44.2 Å². The largest absolute Gasteiger partial charge is 0.278 e. The van der Waals surface area contributed by atoms with E-state index in [0.29, 0.717) is 12.0 Å². The highest BCUT2D eigenvalue weighted by Gasteiger charge is 2.44. The Labute approximate surface area is 165 Å². The highest BCUT2D eigenvalue weighted by atomic mass is 32.2. The lowest BCUT2D eigenvalue weighted by molar-refractivity contribution is -0.144. The summed E-state index contributed by atoms with van der Waals surface area (Å²) in [6.07, 6.45) is 2.12. The maximum Gasteiger partial charge on any atom is 0.256 e. The SMILES string of the molecule is CCCN1C(=O)/C(=C/c2ccccc2)CC(S(=O)(=O)c2ccc(C)cc2)C1=O. The fourth-order valence-corrected chi connectivity index (χ4v) is 4.90. The van der Waals surface area contributed by atoms with Crippen molar-refractivity contribution in [2.75, 3.05) is 6.54 Å². The highest BCUT2D eigenvalue weighted by Crippen LogP contribution is 2.30. The summed E-state index contributed by atoms with van der Waals surface area (Å²) in [6.45, 7) is 3.91. The summed E-state index contributed by atoms with van der Waals surface area (Å²) < 4.78 is 26.4. The molecular formula is C22H23NO4S. The maximum atomic E-state index is 13.2. The Morgan fingerprint density at radius 3 is 2.29 bits per heavy atom. The number of amides is 2. The fraction of sp³-hybridized carbons (Fsp3) is 0.273. The van der Waals surface area contributed by atoms with E-state index in [2.05, 4.69) is 0 Å². The molecule has 0 bridgehead atoms. The summed E-state index contributed by atoms with van der Waals surface area (Å²) in [7, 11) is -3.91. The molecule has 146 valence electrons. The standard InChI is InChI=1S/C22H23NO4S/c1-3-13-23-21(24)18(14-17-7-5-4-6-8-17)15-20(22(23)25)28(26,27)19-11-9-16(2)10-12-19/h4-12,14,20H,3,13,15H2,1-2H3/b18-14+. The van der Waals surface area contributed by atoms with Crippen molar-refractivity contribution in [1.82, 2.24) is 4.90 Å². The molecular weight excluding hydrogens is 374 g/mol. The minimum absolute atomic E-state index is 0.0984. The van der Waals surface area contributed by atoms with Crippen LogP contribution in [0.4, 0.5) is 0 Å². The van der Waals surface area contributed by atoms with Gasteiger partial charge in [-0.3, -0.25) is 14.5 Å². The third-order valence-corrected chi connectivity index (χ3v) is 6.83. The predicted molar refractivity (Wildman–Crippen MR) is 108 cm³/mol. The quantitative estimate of drug-likeness (QED) is 0.573. The molecule has 1 atom stereocenters. The number of likely N-dealkylation sites (tertiary alicyclic amines) is 1. The van der Waals surface area contributed by atoms with E-state index in [1.54, 1.807) is 18.2 Å². The van der Waals surface area contributed by atoms with Gasteiger partial charge in [0, 0.05) is 18.5 Å². The number of rotatable bonds is 5. The molecule has 0 spiro atoms. The van der Waals surface area contributed by atoms with Gasteiger partial charge in [0.2, 0.25) is 5.91 Å². The molecule has 1 saturated heterocycles. The number of aryl methyl sites for hydroxylation is 1. The molecule has 1 unspecified atom stereocenters. The third kappa shape index (κ3) is 3.92. The van der Waals surface area contributed by atoms with Crippen molar-refractivity contribution in [1.29, 1.82) is 0 Å². The van der Waals surface area contributed by atoms with Gasteiger partial charge in [-0.1, -0.05) is 55.0 Å². The summed E-state index contributed by atoms with van der Waals surface area (Å²) in [4.78, 5) is 26.9. The Kier molecular flexibility index (Phi) is 5.79. The van der Waals surface area contributed by atoms with E-state index in [-0.39, 0.29) is 17.9 Å². The first-order valence-electron chi connectivity index (χ1n) is 9.26. The molecule has 0 aromatic heterocycles. The second kappa shape index (κ2) is 8.10. The van der Waals surface area contributed by atoms with E-state index >= 15 is 0 Å². The van der Waals surface area contributed by atoms with Crippen LogP contribution in [0.25, 0.3) is 6.08 Å². The van der Waals surface area contributed by atoms with Crippen LogP contribution in [-0.2, 0) is 19.4 Å². The molecule has 3 rings (SSSR count). The first-order chi connectivity index (χ1) is 13.3. The van der Waals surface area contributed by atoms with Gasteiger partial charge >= 0.3 is 0 Å². The van der Waals surface area contributed by atoms with Crippen LogP contribution in [0, 0.1) is 6.92 Å². The second-order valence-corrected chi connectivity index (χ2v) is 9.06. The van der Waals surface area contributed by atoms with Gasteiger partial charge in [0.05, 0.1) is 4.90 Å². The molecule has 2 aromatic carbocycles. The number of nitrogens with zero attached hydrogens (tertiary/aromatic N) is 1. The van der Waals surface area contributed by atoms with Gasteiger partial charge in [-0.15, -0.1) is 0 Å². The van der Waals surface area contributed by atoms with Crippen LogP contribution in [0.15, 0.2) is 65.1 Å². The average molecular weight is 397 g/mol. The smallest absolute Gasteiger partial charge is 0.256 e. The Morgan fingerprint density at radius 1 is 1.04 bits per heavy atom. The molecule has 2 amide bonds. The van der Waals surface area contributed by atoms with E-state index in [9.17, 15) is 18.0 Å². The van der Waals surface area contributed by atoms with Gasteiger partial charge in [-0.2, -0.15) is 0 Å². The van der Waals surface area contributed by atoms with Crippen LogP contribution in [0.2, 0.25) is 0 Å². The van der Waals surface area contributed by atoms with E-state index in [0.717, 1.165) is 16.0 Å². The van der Waals surface area contributed by atoms with Gasteiger partial charge in [0.15, 0.2) is 9.84 Å². The van der Waals surface area contributed by atoms with Crippen LogP contribution >= 0.6 is 0 Å². The number of sulfone groups is 1. The van der Waals surface area contributed by atoms with Gasteiger partial charge in [0.1, 0.15) is 5.25 Å². The average Bonchev–Trinajstić information content (AvgIpc) is 2.68. The van der Waals surface area contributed by atoms with Crippen molar-refractivity contribution in [3.63, 3.8) is 0 Å². The van der Waals surface area contributed by atoms with Crippen LogP contribution in [-0.4, -0.2) is 36.9 Å². The molecule has 28 heavy (non-hydrogen) atoms. The topological polar surface area (TPSA) is 71.5 Å². The zero-order valence-electron chi connectivity index (χ0n) is 16.0. The van der Waals surface area contributed by atoms with Gasteiger partial charge in [0.25, 0.3) is 5.91 Å². The molecule has 5 nitrogen and oxygen atoms in total. The highest BCUT2D eigenvalue weighted by molar-refractivity contribution is 7.92. The molecule has 0 N–H and O–H groups in total. The number of carbonyl (C=O) groups excluding carboxylic acids is 2. The van der Waals surface area contributed by atoms with Crippen LogP contribution in [0.3, 0.4) is 0 Å². The normalized spacial score (nSPS) is 19.3. The minimum Gasteiger partial charge on any atom is -0.278 e. The van der Waals surface area contributed by atoms with Crippen LogP contribution in [0.5, 0.6) is 0 Å². The molecule has 0 aliphatic carbocycles. The van der Waals surface area contributed by atoms with Crippen molar-refractivity contribution in [2.45, 2.75) is 36.8 Å². The van der Waals surface area contributed by atoms with Crippen molar-refractivity contribution in [2.24, 2.45) is 0 Å². The Bertz CT molecular complexity index is 1010. The number of piperidine rings is 1. The summed E-state index contributed by atoms with van der Waals surface area (Å²) in [6, 6.07) is 15.7. The van der Waals surface area contributed by atoms with E-state index in [1.165, 1.54) is 12.1 Å². The number of hydrogen-bond donors (Lipinski definition) is 0. The summed E-state index contributed by atoms with van der Waals surface area (Å²) in [5.74, 6) is -1.05. The molecule has 0 saturated carbocycles. The summed E-state index contributed by atoms with van der Waals surface area (Å²) >= 11 is 0. The first kappa shape index (κ1) is 20.0. The molecule has 1 aliphatic heterocycles. The van der Waals surface area contributed by atoms with Crippen molar-refractivity contribution in [3.8, 4) is 0 Å². The fourth-order valence-electron chi connectivity index (χ4n) is 3.26. The predicted octanol–water partition coefficient (Wildman–Crippen LogP) is 3.39. The van der Waals surface area contributed by atoms with E-state index in [4.69, 9.17) is 0 Å². The Balaban J connectivity index is 2.04. The second-order valence-electron chi connectivity index (χ2n) is 6.93. The monoisotopic (exact) mass is 397 g/mol. The first-order valence-corrected chi connectivity index (χ1v) is 10.8. The third-order valence-electron chi connectivity index (χ3n) is 4.78. The zero-order chi connectivity index (χ0) is 20.3. The number of carbonyl (C=O) groups is 2. The lowest BCUT2D eigenvalue weighted by Crippen LogP contribution is -2.51. The van der Waals surface area contributed by atoms with E-state index < -0.39 is 26.9 Å². The van der Waals surface area contributed by atoms with Crippen LogP contribution < -0.4 is 0 Å². The van der Waals surface area contributed by atoms with Gasteiger partial charge in [-0.05, 0) is 37.1 Å². The van der Waals surface area contributed by atoms with Gasteiger partial charge < -0.3 is 0 Å². The van der Waals surface area contributed by atoms with Crippen molar-refractivity contribution < 1.29 is 18.0 Å². The lowest BCUT2D eigenvalue weighted by Gasteiger charge is -2.32. The lowest BCUT2D eigenvalue weighted by atomic mass is 9.99. The minimum atomic E-state index is -3.91. The van der Waals surface area contributed by atoms with Gasteiger partial charge in [-0.25, -0.2) is 8.42 Å². The molecule has 0 radical (unpaired) electrons. The van der Waals surface area contributed by atoms with Crippen molar-refractivity contribution >= 4 is 27.7 Å². The molecule has 6 heteroatoms. The zero-order valence-corrected chi connectivity index (χ0v) is 16.8. The number of hydrogen-bond acceptors (Lipinski definition) is 4. The van der Waals surface area contributed by atoms with Crippen molar-refractivity contribution in [3.05, 3.63) is 71.3 Å². The molecule has 1 fully saturated rings. The molecule has 1 heterocycles. The summed E-state index contributed by atoms with van der Waals surface area (Å²) in [5, 5.41) is -1.30. The number of benzene rings is 2. The summed E-state index contributed by atoms with van der Waals surface area (Å²) in [5.41, 5.74) is 2.06. The Morgan fingerprint density at radius 2 is 1.68 bits per heavy atom. The Hall–Kier alpha value is -2.73.